The molecule has 0 spiro atoms. The van der Waals surface area contributed by atoms with Crippen molar-refractivity contribution >= 4 is 29.4 Å². The zero-order chi connectivity index (χ0) is 26.5. The number of carbonyl (C=O) groups excluding carboxylic acids is 3. The van der Waals surface area contributed by atoms with Gasteiger partial charge in [0.05, 0.1) is 5.56 Å². The number of carbonyl (C=O) groups is 3. The number of hydrogen-bond acceptors (Lipinski definition) is 6. The van der Waals surface area contributed by atoms with Gasteiger partial charge >= 0.3 is 5.97 Å². The van der Waals surface area contributed by atoms with Crippen LogP contribution in [-0.4, -0.2) is 28.7 Å². The normalized spacial score (nSPS) is 14.4. The van der Waals surface area contributed by atoms with Crippen molar-refractivity contribution in [2.75, 3.05) is 5.32 Å². The van der Waals surface area contributed by atoms with Crippen LogP contribution in [-0.2, 0) is 20.7 Å². The smallest absolute Gasteiger partial charge is 0.308 e. The van der Waals surface area contributed by atoms with E-state index in [2.05, 4.69) is 17.0 Å². The Hall–Kier alpha value is -4.72. The lowest BCUT2D eigenvalue weighted by Crippen LogP contribution is -2.26. The number of nitrogens with one attached hydrogen (secondary N) is 1. The molecule has 3 aromatic carbocycles. The van der Waals surface area contributed by atoms with E-state index < -0.39 is 12.2 Å². The largest absolute Gasteiger partial charge is 0.446 e. The molecule has 8 nitrogen and oxygen atoms in total. The average Bonchev–Trinajstić information content (AvgIpc) is 3.31. The Morgan fingerprint density at radius 2 is 1.84 bits per heavy atom. The number of rotatable bonds is 7. The number of nitrogens with zero attached hydrogens (tertiary/aromatic N) is 2. The van der Waals surface area contributed by atoms with Gasteiger partial charge in [-0.15, -0.1) is 11.7 Å². The lowest BCUT2D eigenvalue weighted by Gasteiger charge is -2.22. The molecule has 1 aliphatic rings. The molecular formula is C29H27N3O5. The van der Waals surface area contributed by atoms with Crippen molar-refractivity contribution in [2.24, 2.45) is 5.10 Å². The summed E-state index contributed by atoms with van der Waals surface area (Å²) in [6, 6.07) is 19.6. The molecule has 1 heterocycles. The van der Waals surface area contributed by atoms with Crippen LogP contribution in [0.2, 0.25) is 0 Å². The maximum Gasteiger partial charge on any atom is 0.308 e. The highest BCUT2D eigenvalue weighted by atomic mass is 16.5. The summed E-state index contributed by atoms with van der Waals surface area (Å²) >= 11 is 0. The van der Waals surface area contributed by atoms with Gasteiger partial charge < -0.3 is 14.8 Å². The molecule has 1 N–H and O–H groups in total. The number of anilines is 1. The highest BCUT2D eigenvalue weighted by Gasteiger charge is 2.36. The third kappa shape index (κ3) is 5.75. The monoisotopic (exact) mass is 497 g/mol. The zero-order valence-electron chi connectivity index (χ0n) is 20.9. The van der Waals surface area contributed by atoms with Crippen molar-refractivity contribution in [3.8, 4) is 5.75 Å². The molecule has 0 fully saturated rings. The van der Waals surface area contributed by atoms with Gasteiger partial charge in [-0.25, -0.2) is 0 Å². The van der Waals surface area contributed by atoms with E-state index in [1.54, 1.807) is 54.6 Å². The van der Waals surface area contributed by atoms with Crippen LogP contribution in [0.15, 0.2) is 84.5 Å². The quantitative estimate of drug-likeness (QED) is 0.277. The summed E-state index contributed by atoms with van der Waals surface area (Å²) in [6.07, 6.45) is 1.21. The van der Waals surface area contributed by atoms with Crippen LogP contribution in [0.4, 0.5) is 5.69 Å². The van der Waals surface area contributed by atoms with Gasteiger partial charge in [0.2, 0.25) is 18.0 Å². The van der Waals surface area contributed by atoms with Gasteiger partial charge in [-0.2, -0.15) is 5.01 Å². The molecule has 4 rings (SSSR count). The molecule has 37 heavy (non-hydrogen) atoms. The molecule has 1 aliphatic heterocycles. The second-order valence-corrected chi connectivity index (χ2v) is 8.57. The average molecular weight is 498 g/mol. The molecule has 0 aromatic heterocycles. The van der Waals surface area contributed by atoms with Crippen LogP contribution in [0.5, 0.6) is 5.75 Å². The maximum atomic E-state index is 12.7. The molecular weight excluding hydrogens is 470 g/mol. The second kappa shape index (κ2) is 10.9. The minimum absolute atomic E-state index is 0.190. The summed E-state index contributed by atoms with van der Waals surface area (Å²) in [6.45, 7) is 8.37. The number of ether oxygens (including phenoxy) is 2. The molecule has 0 aliphatic carbocycles. The standard InChI is InChI=1S/C29H27N3O5/c1-5-9-21-11-8-15-25(26(21)36-20(4)34)29-32(19(3)33)31-28(37-29)23-13-7-14-24(17-23)30-27(35)22-12-6-10-18(2)16-22/h5-8,10-17,29H,1,9H2,2-4H3,(H,30,35). The van der Waals surface area contributed by atoms with Crippen molar-refractivity contribution in [3.05, 3.63) is 107 Å². The molecule has 188 valence electrons. The first kappa shape index (κ1) is 25.4. The van der Waals surface area contributed by atoms with Crippen LogP contribution in [0, 0.1) is 6.92 Å². The Labute approximate surface area is 215 Å². The fourth-order valence-electron chi connectivity index (χ4n) is 3.99. The van der Waals surface area contributed by atoms with Crippen molar-refractivity contribution in [3.63, 3.8) is 0 Å². The Kier molecular flexibility index (Phi) is 7.48. The van der Waals surface area contributed by atoms with E-state index >= 15 is 0 Å². The summed E-state index contributed by atoms with van der Waals surface area (Å²) in [7, 11) is 0. The number of para-hydroxylation sites is 1. The molecule has 0 saturated heterocycles. The molecule has 1 unspecified atom stereocenters. The Balaban J connectivity index is 1.64. The SMILES string of the molecule is C=CCc1cccc(C2OC(c3cccc(NC(=O)c4cccc(C)c4)c3)=NN2C(C)=O)c1OC(C)=O. The first-order valence-electron chi connectivity index (χ1n) is 11.7. The van der Waals surface area contributed by atoms with Crippen molar-refractivity contribution in [1.82, 2.24) is 5.01 Å². The van der Waals surface area contributed by atoms with Gasteiger partial charge in [-0.05, 0) is 55.3 Å². The molecule has 3 aromatic rings. The minimum Gasteiger partial charge on any atom is -0.446 e. The van der Waals surface area contributed by atoms with Crippen LogP contribution in [0.3, 0.4) is 0 Å². The van der Waals surface area contributed by atoms with Gasteiger partial charge in [0.15, 0.2) is 0 Å². The van der Waals surface area contributed by atoms with Crippen molar-refractivity contribution in [1.29, 1.82) is 0 Å². The van der Waals surface area contributed by atoms with Crippen molar-refractivity contribution < 1.29 is 23.9 Å². The first-order valence-corrected chi connectivity index (χ1v) is 11.7. The lowest BCUT2D eigenvalue weighted by molar-refractivity contribution is -0.135. The number of benzene rings is 3. The van der Waals surface area contributed by atoms with Gasteiger partial charge in [-0.1, -0.05) is 42.0 Å². The Bertz CT molecular complexity index is 1410. The third-order valence-corrected chi connectivity index (χ3v) is 5.62. The zero-order valence-corrected chi connectivity index (χ0v) is 20.9. The Morgan fingerprint density at radius 3 is 2.54 bits per heavy atom. The molecule has 0 radical (unpaired) electrons. The summed E-state index contributed by atoms with van der Waals surface area (Å²) in [5.74, 6) is -0.602. The first-order chi connectivity index (χ1) is 17.8. The summed E-state index contributed by atoms with van der Waals surface area (Å²) < 4.78 is 11.7. The number of amides is 2. The number of aryl methyl sites for hydroxylation is 1. The fraction of sp³-hybridized carbons (Fsp3) is 0.172. The van der Waals surface area contributed by atoms with E-state index in [4.69, 9.17) is 9.47 Å². The number of hydrazone groups is 1. The van der Waals surface area contributed by atoms with E-state index in [9.17, 15) is 14.4 Å². The van der Waals surface area contributed by atoms with Crippen LogP contribution < -0.4 is 10.1 Å². The predicted octanol–water partition coefficient (Wildman–Crippen LogP) is 5.14. The summed E-state index contributed by atoms with van der Waals surface area (Å²) in [5.41, 5.74) is 3.83. The topological polar surface area (TPSA) is 97.3 Å². The van der Waals surface area contributed by atoms with E-state index in [-0.39, 0.29) is 17.7 Å². The van der Waals surface area contributed by atoms with E-state index in [0.29, 0.717) is 34.5 Å². The van der Waals surface area contributed by atoms with Gasteiger partial charge in [-0.3, -0.25) is 14.4 Å². The Morgan fingerprint density at radius 1 is 1.08 bits per heavy atom. The van der Waals surface area contributed by atoms with Crippen LogP contribution in [0.1, 0.15) is 52.7 Å². The number of hydrogen-bond donors (Lipinski definition) is 1. The van der Waals surface area contributed by atoms with E-state index in [0.717, 1.165) is 11.1 Å². The summed E-state index contributed by atoms with van der Waals surface area (Å²) in [4.78, 5) is 37.1. The molecule has 0 saturated carbocycles. The van der Waals surface area contributed by atoms with Gasteiger partial charge in [0.1, 0.15) is 5.75 Å². The molecule has 2 amide bonds. The molecule has 1 atom stereocenters. The highest BCUT2D eigenvalue weighted by Crippen LogP contribution is 2.38. The molecule has 8 heteroatoms. The maximum absolute atomic E-state index is 12.7. The summed E-state index contributed by atoms with van der Waals surface area (Å²) in [5, 5.41) is 8.49. The van der Waals surface area contributed by atoms with Crippen LogP contribution in [0.25, 0.3) is 0 Å². The second-order valence-electron chi connectivity index (χ2n) is 8.57. The fourth-order valence-corrected chi connectivity index (χ4v) is 3.99. The van der Waals surface area contributed by atoms with E-state index in [1.165, 1.54) is 18.9 Å². The van der Waals surface area contributed by atoms with Gasteiger partial charge in [0, 0.05) is 30.7 Å². The van der Waals surface area contributed by atoms with Crippen molar-refractivity contribution in [2.45, 2.75) is 33.4 Å². The highest BCUT2D eigenvalue weighted by molar-refractivity contribution is 6.05. The predicted molar refractivity (Wildman–Crippen MR) is 140 cm³/mol. The van der Waals surface area contributed by atoms with Crippen LogP contribution >= 0.6 is 0 Å². The third-order valence-electron chi connectivity index (χ3n) is 5.62. The van der Waals surface area contributed by atoms with E-state index in [1.807, 2.05) is 25.1 Å². The minimum atomic E-state index is -0.947. The molecule has 0 bridgehead atoms. The number of esters is 1. The lowest BCUT2D eigenvalue weighted by atomic mass is 10.0. The van der Waals surface area contributed by atoms with Gasteiger partial charge in [0.25, 0.3) is 5.91 Å². The number of allylic oxidation sites excluding steroid dienone is 1.